The van der Waals surface area contributed by atoms with Gasteiger partial charge in [0.15, 0.2) is 0 Å². The molecule has 414 valence electrons. The van der Waals surface area contributed by atoms with Gasteiger partial charge in [-0.25, -0.2) is 19.5 Å². The number of hydrogen-bond acceptors (Lipinski definition) is 14. The Morgan fingerprint density at radius 3 is 2.26 bits per heavy atom. The van der Waals surface area contributed by atoms with E-state index in [9.17, 15) is 24.0 Å². The van der Waals surface area contributed by atoms with E-state index in [-0.39, 0.29) is 34.8 Å². The number of H-pyrrole nitrogens is 1. The van der Waals surface area contributed by atoms with Crippen molar-refractivity contribution in [3.8, 4) is 0 Å². The average Bonchev–Trinajstić information content (AvgIpc) is 3.93. The molecule has 2 aromatic heterocycles. The number of aromatic nitrogens is 4. The molecule has 5 aliphatic heterocycles. The number of carbonyl (C=O) groups excluding carboxylic acids is 4. The maximum atomic E-state index is 15.1. The van der Waals surface area contributed by atoms with Crippen LogP contribution in [0, 0.1) is 11.7 Å². The van der Waals surface area contributed by atoms with Crippen LogP contribution >= 0.6 is 0 Å². The molecular formula is C58H73FN12O7. The van der Waals surface area contributed by atoms with E-state index in [4.69, 9.17) is 9.47 Å². The third-order valence-corrected chi connectivity index (χ3v) is 16.2. The number of carbonyl (C=O) groups is 4. The monoisotopic (exact) mass is 1070 g/mol. The van der Waals surface area contributed by atoms with Crippen LogP contribution < -0.4 is 10.9 Å². The average molecular weight is 1070 g/mol. The highest BCUT2D eigenvalue weighted by molar-refractivity contribution is 5.95. The number of hydrogen-bond donors (Lipinski definition) is 2. The molecule has 19 nitrogen and oxygen atoms in total. The Kier molecular flexibility index (Phi) is 18.5. The fourth-order valence-electron chi connectivity index (χ4n) is 11.7. The summed E-state index contributed by atoms with van der Waals surface area (Å²) in [5.74, 6) is -0.148. The van der Waals surface area contributed by atoms with Crippen molar-refractivity contribution in [3.05, 3.63) is 135 Å². The molecule has 10 rings (SSSR count). The fourth-order valence-corrected chi connectivity index (χ4v) is 11.7. The SMILES string of the molecule is O=C(NCCOCCOCCN1CCN(CC2CCN(CC(=O)N3CCN(C(=O)c4cc(Cc5n[nH]c(=O)c6ccccc56)ccc4F)CC3)CC2)CC1)c1cccc([C@H]2CCCN(C(=O)CN3Cc4cncnc4C3)C2)c1. The zero-order valence-corrected chi connectivity index (χ0v) is 44.7. The van der Waals surface area contributed by atoms with Crippen LogP contribution in [0.25, 0.3) is 10.8 Å². The first-order valence-corrected chi connectivity index (χ1v) is 27.9. The number of likely N-dealkylation sites (tertiary alicyclic amines) is 2. The van der Waals surface area contributed by atoms with E-state index in [1.54, 1.807) is 35.5 Å². The van der Waals surface area contributed by atoms with Gasteiger partial charge < -0.3 is 34.4 Å². The largest absolute Gasteiger partial charge is 0.378 e. The normalized spacial score (nSPS) is 19.1. The minimum atomic E-state index is -0.595. The van der Waals surface area contributed by atoms with Gasteiger partial charge >= 0.3 is 0 Å². The number of nitrogens with zero attached hydrogens (tertiary/aromatic N) is 10. The molecule has 0 bridgehead atoms. The van der Waals surface area contributed by atoms with Crippen LogP contribution in [-0.2, 0) is 38.6 Å². The second-order valence-corrected chi connectivity index (χ2v) is 21.5. The van der Waals surface area contributed by atoms with Gasteiger partial charge in [0.2, 0.25) is 11.8 Å². The smallest absolute Gasteiger partial charge is 0.272 e. The van der Waals surface area contributed by atoms with Crippen LogP contribution in [0.15, 0.2) is 84.0 Å². The van der Waals surface area contributed by atoms with E-state index in [1.807, 2.05) is 46.3 Å². The van der Waals surface area contributed by atoms with E-state index < -0.39 is 11.7 Å². The first-order chi connectivity index (χ1) is 38.1. The predicted octanol–water partition coefficient (Wildman–Crippen LogP) is 3.24. The minimum absolute atomic E-state index is 0.0103. The lowest BCUT2D eigenvalue weighted by atomic mass is 9.89. The van der Waals surface area contributed by atoms with Crippen molar-refractivity contribution in [2.75, 3.05) is 138 Å². The number of nitrogens with one attached hydrogen (secondary N) is 2. The minimum Gasteiger partial charge on any atom is -0.378 e. The van der Waals surface area contributed by atoms with Crippen molar-refractivity contribution in [1.82, 2.24) is 59.8 Å². The molecule has 5 aliphatic rings. The summed E-state index contributed by atoms with van der Waals surface area (Å²) in [6.45, 7) is 15.2. The standard InChI is InChI=1S/C58H73FN12O7/c59-51-11-10-43(32-52-48-8-1-2-9-49(48)57(75)64-63-52)31-50(51)58(76)70-24-22-69(23-25-70)54(72)39-66-16-12-42(13-17-66)35-67-20-18-65(19-21-67)26-28-78-30-29-77-27-14-61-56(74)45-6-3-5-44(33-45)46-7-4-15-71(37-46)55(73)40-68-36-47-34-60-41-62-53(47)38-68/h1-3,5-6,8-11,31,33-34,41-42,46H,4,7,12-30,32,35-40H2,(H,61,74)(H,64,75)/t46-/m0/s1. The Bertz CT molecular complexity index is 2910. The zero-order valence-electron chi connectivity index (χ0n) is 44.7. The molecule has 20 heteroatoms. The van der Waals surface area contributed by atoms with Gasteiger partial charge in [-0.3, -0.25) is 38.7 Å². The summed E-state index contributed by atoms with van der Waals surface area (Å²) in [6, 6.07) is 19.5. The van der Waals surface area contributed by atoms with E-state index >= 15 is 4.39 Å². The number of fused-ring (bicyclic) bond motifs is 2. The van der Waals surface area contributed by atoms with Crippen LogP contribution in [0.4, 0.5) is 4.39 Å². The molecule has 0 radical (unpaired) electrons. The lowest BCUT2D eigenvalue weighted by molar-refractivity contribution is -0.134. The van der Waals surface area contributed by atoms with Gasteiger partial charge in [0.25, 0.3) is 17.4 Å². The Morgan fingerprint density at radius 1 is 0.705 bits per heavy atom. The van der Waals surface area contributed by atoms with Gasteiger partial charge in [-0.1, -0.05) is 36.4 Å². The number of amides is 4. The van der Waals surface area contributed by atoms with Crippen molar-refractivity contribution in [1.29, 1.82) is 0 Å². The summed E-state index contributed by atoms with van der Waals surface area (Å²) in [6.07, 6.45) is 7.73. The number of rotatable bonds is 20. The quantitative estimate of drug-likeness (QED) is 0.108. The molecule has 7 heterocycles. The molecule has 4 amide bonds. The number of benzene rings is 3. The predicted molar refractivity (Wildman–Crippen MR) is 291 cm³/mol. The number of ether oxygens (including phenoxy) is 2. The first kappa shape index (κ1) is 54.8. The fraction of sp³-hybridized carbons (Fsp3) is 0.517. The Labute approximate surface area is 455 Å². The van der Waals surface area contributed by atoms with Crippen LogP contribution in [0.2, 0.25) is 0 Å². The molecular weight excluding hydrogens is 996 g/mol. The highest BCUT2D eigenvalue weighted by atomic mass is 19.1. The van der Waals surface area contributed by atoms with Gasteiger partial charge in [-0.15, -0.1) is 0 Å². The summed E-state index contributed by atoms with van der Waals surface area (Å²) in [4.78, 5) is 88.9. The highest BCUT2D eigenvalue weighted by Crippen LogP contribution is 2.29. The molecule has 5 aromatic rings. The molecule has 3 aromatic carbocycles. The second kappa shape index (κ2) is 26.4. The van der Waals surface area contributed by atoms with Crippen molar-refractivity contribution in [2.45, 2.75) is 51.1 Å². The van der Waals surface area contributed by atoms with Crippen LogP contribution in [0.5, 0.6) is 0 Å². The number of halogens is 1. The summed E-state index contributed by atoms with van der Waals surface area (Å²) in [5, 5.41) is 11.0. The maximum Gasteiger partial charge on any atom is 0.272 e. The van der Waals surface area contributed by atoms with Gasteiger partial charge in [0.05, 0.1) is 61.9 Å². The van der Waals surface area contributed by atoms with Crippen molar-refractivity contribution in [3.63, 3.8) is 0 Å². The summed E-state index contributed by atoms with van der Waals surface area (Å²) in [7, 11) is 0. The molecule has 4 fully saturated rings. The van der Waals surface area contributed by atoms with Crippen LogP contribution in [-0.4, -0.2) is 216 Å². The topological polar surface area (TPSA) is 193 Å². The number of aromatic amines is 1. The van der Waals surface area contributed by atoms with E-state index in [0.717, 1.165) is 101 Å². The van der Waals surface area contributed by atoms with Gasteiger partial charge in [0.1, 0.15) is 12.1 Å². The van der Waals surface area contributed by atoms with Gasteiger partial charge in [-0.05, 0) is 86.1 Å². The lowest BCUT2D eigenvalue weighted by Gasteiger charge is -2.39. The second-order valence-electron chi connectivity index (χ2n) is 21.5. The molecule has 0 aliphatic carbocycles. The lowest BCUT2D eigenvalue weighted by Crippen LogP contribution is -2.53. The maximum absolute atomic E-state index is 15.1. The van der Waals surface area contributed by atoms with Crippen molar-refractivity contribution >= 4 is 34.4 Å². The third kappa shape index (κ3) is 14.2. The summed E-state index contributed by atoms with van der Waals surface area (Å²) in [5.41, 5.74) is 4.82. The highest BCUT2D eigenvalue weighted by Gasteiger charge is 2.31. The van der Waals surface area contributed by atoms with Gasteiger partial charge in [-0.2, -0.15) is 5.10 Å². The summed E-state index contributed by atoms with van der Waals surface area (Å²) >= 11 is 0. The van der Waals surface area contributed by atoms with Crippen molar-refractivity contribution in [2.24, 2.45) is 5.92 Å². The molecule has 78 heavy (non-hydrogen) atoms. The molecule has 0 spiro atoms. The van der Waals surface area contributed by atoms with Gasteiger partial charge in [0, 0.05) is 133 Å². The van der Waals surface area contributed by atoms with Crippen molar-refractivity contribution < 1.29 is 33.0 Å². The van der Waals surface area contributed by atoms with Crippen LogP contribution in [0.3, 0.4) is 0 Å². The van der Waals surface area contributed by atoms with Crippen LogP contribution in [0.1, 0.15) is 80.4 Å². The summed E-state index contributed by atoms with van der Waals surface area (Å²) < 4.78 is 26.7. The third-order valence-electron chi connectivity index (χ3n) is 16.2. The Balaban J connectivity index is 0.543. The van der Waals surface area contributed by atoms with E-state index in [1.165, 1.54) is 6.07 Å². The molecule has 0 saturated carbocycles. The first-order valence-electron chi connectivity index (χ1n) is 27.9. The number of piperidine rings is 2. The molecule has 4 saturated heterocycles. The van der Waals surface area contributed by atoms with E-state index in [2.05, 4.69) is 51.1 Å². The van der Waals surface area contributed by atoms with E-state index in [0.29, 0.717) is 132 Å². The Morgan fingerprint density at radius 2 is 1.45 bits per heavy atom. The Hall–Kier alpha value is -6.55. The molecule has 2 N–H and O–H groups in total. The zero-order chi connectivity index (χ0) is 53.8. The number of piperazine rings is 2. The molecule has 0 unspecified atom stereocenters. The molecule has 1 atom stereocenters.